The van der Waals surface area contributed by atoms with Gasteiger partial charge in [-0.2, -0.15) is 4.98 Å². The average molecular weight is 280 g/mol. The van der Waals surface area contributed by atoms with Crippen molar-refractivity contribution in [3.63, 3.8) is 0 Å². The summed E-state index contributed by atoms with van der Waals surface area (Å²) in [4.78, 5) is 7.83. The molecule has 0 saturated carbocycles. The van der Waals surface area contributed by atoms with Crippen LogP contribution in [0.3, 0.4) is 0 Å². The largest absolute Gasteiger partial charge is 0.479 e. The van der Waals surface area contributed by atoms with Crippen molar-refractivity contribution < 1.29 is 13.5 Å². The number of nitrogen functional groups attached to an aromatic ring is 1. The molecule has 20 heavy (non-hydrogen) atoms. The van der Waals surface area contributed by atoms with E-state index < -0.39 is 11.6 Å². The predicted molar refractivity (Wildman–Crippen MR) is 71.5 cm³/mol. The fraction of sp³-hybridized carbons (Fsp3) is 0.231. The van der Waals surface area contributed by atoms with E-state index in [1.54, 1.807) is 0 Å². The van der Waals surface area contributed by atoms with E-state index in [-0.39, 0.29) is 5.88 Å². The minimum atomic E-state index is -0.594. The monoisotopic (exact) mass is 280 g/mol. The third-order valence-corrected chi connectivity index (χ3v) is 2.67. The van der Waals surface area contributed by atoms with Crippen molar-refractivity contribution in [2.45, 2.75) is 6.42 Å². The van der Waals surface area contributed by atoms with Crippen molar-refractivity contribution in [3.05, 3.63) is 41.7 Å². The first kappa shape index (κ1) is 14.0. The van der Waals surface area contributed by atoms with Crippen molar-refractivity contribution in [1.82, 2.24) is 9.97 Å². The number of nitrogens with two attached hydrogens (primary N) is 1. The van der Waals surface area contributed by atoms with E-state index in [2.05, 4.69) is 15.3 Å². The molecule has 1 aromatic carbocycles. The molecule has 0 aliphatic heterocycles. The van der Waals surface area contributed by atoms with Crippen LogP contribution in [-0.2, 0) is 6.42 Å². The Morgan fingerprint density at radius 1 is 1.20 bits per heavy atom. The highest BCUT2D eigenvalue weighted by molar-refractivity contribution is 5.66. The number of nitrogens with zero attached hydrogens (tertiary/aromatic N) is 2. The summed E-state index contributed by atoms with van der Waals surface area (Å²) < 4.78 is 31.0. The summed E-state index contributed by atoms with van der Waals surface area (Å²) >= 11 is 0. The molecule has 0 unspecified atom stereocenters. The fourth-order valence-corrected chi connectivity index (χ4v) is 1.76. The van der Waals surface area contributed by atoms with Gasteiger partial charge in [-0.25, -0.2) is 13.8 Å². The summed E-state index contributed by atoms with van der Waals surface area (Å²) in [6, 6.07) is 3.41. The second-order valence-electron chi connectivity index (χ2n) is 4.10. The van der Waals surface area contributed by atoms with Crippen LogP contribution in [0.2, 0.25) is 0 Å². The normalized spacial score (nSPS) is 10.3. The van der Waals surface area contributed by atoms with Crippen LogP contribution in [0.15, 0.2) is 24.5 Å². The van der Waals surface area contributed by atoms with Crippen molar-refractivity contribution in [1.29, 1.82) is 0 Å². The number of benzene rings is 1. The number of hydrogen-bond acceptors (Lipinski definition) is 5. The lowest BCUT2D eigenvalue weighted by Crippen LogP contribution is -2.10. The summed E-state index contributed by atoms with van der Waals surface area (Å²) in [6.45, 7) is 0.424. The van der Waals surface area contributed by atoms with Crippen LogP contribution in [-0.4, -0.2) is 23.6 Å². The van der Waals surface area contributed by atoms with Gasteiger partial charge in [-0.15, -0.1) is 0 Å². The number of ether oxygens (including phenoxy) is 1. The second kappa shape index (κ2) is 6.14. The molecule has 0 bridgehead atoms. The minimum absolute atomic E-state index is 0.277. The molecule has 5 nitrogen and oxygen atoms in total. The quantitative estimate of drug-likeness (QED) is 0.876. The average Bonchev–Trinajstić information content (AvgIpc) is 2.39. The number of rotatable bonds is 5. The molecule has 1 heterocycles. The van der Waals surface area contributed by atoms with Crippen LogP contribution in [0.1, 0.15) is 5.56 Å². The second-order valence-corrected chi connectivity index (χ2v) is 4.10. The number of hydrogen-bond donors (Lipinski definition) is 2. The number of methoxy groups -OCH3 is 1. The van der Waals surface area contributed by atoms with Gasteiger partial charge < -0.3 is 15.8 Å². The summed E-state index contributed by atoms with van der Waals surface area (Å²) in [5.41, 5.74) is 6.63. The Morgan fingerprint density at radius 3 is 2.55 bits per heavy atom. The molecule has 0 atom stereocenters. The van der Waals surface area contributed by atoms with Gasteiger partial charge in [0.2, 0.25) is 5.88 Å². The number of halogens is 2. The molecule has 0 spiro atoms. The van der Waals surface area contributed by atoms with E-state index >= 15 is 0 Å². The van der Waals surface area contributed by atoms with Crippen LogP contribution < -0.4 is 15.8 Å². The lowest BCUT2D eigenvalue weighted by atomic mass is 10.1. The van der Waals surface area contributed by atoms with Gasteiger partial charge in [0.1, 0.15) is 23.6 Å². The summed E-state index contributed by atoms with van der Waals surface area (Å²) in [6.07, 6.45) is 1.75. The van der Waals surface area contributed by atoms with Crippen LogP contribution in [0.4, 0.5) is 20.3 Å². The highest BCUT2D eigenvalue weighted by Crippen LogP contribution is 2.23. The maximum absolute atomic E-state index is 13.0. The topological polar surface area (TPSA) is 73.1 Å². The first-order chi connectivity index (χ1) is 9.60. The maximum Gasteiger partial charge on any atom is 0.242 e. The van der Waals surface area contributed by atoms with Gasteiger partial charge in [0, 0.05) is 12.6 Å². The molecule has 0 saturated heterocycles. The fourth-order valence-electron chi connectivity index (χ4n) is 1.76. The molecular formula is C13H14F2N4O. The van der Waals surface area contributed by atoms with Gasteiger partial charge in [-0.05, 0) is 24.1 Å². The van der Waals surface area contributed by atoms with E-state index in [1.807, 2.05) is 0 Å². The molecule has 1 aromatic heterocycles. The van der Waals surface area contributed by atoms with Gasteiger partial charge in [0.05, 0.1) is 7.11 Å². The molecular weight excluding hydrogens is 266 g/mol. The van der Waals surface area contributed by atoms with Gasteiger partial charge in [0.25, 0.3) is 0 Å². The summed E-state index contributed by atoms with van der Waals surface area (Å²) in [5.74, 6) is -0.487. The van der Waals surface area contributed by atoms with E-state index in [9.17, 15) is 8.78 Å². The molecule has 2 rings (SSSR count). The zero-order valence-electron chi connectivity index (χ0n) is 10.9. The zero-order valence-corrected chi connectivity index (χ0v) is 10.9. The highest BCUT2D eigenvalue weighted by atomic mass is 19.1. The lowest BCUT2D eigenvalue weighted by molar-refractivity contribution is 0.399. The van der Waals surface area contributed by atoms with Gasteiger partial charge in [0.15, 0.2) is 5.82 Å². The SMILES string of the molecule is COc1ncnc(NCCc2cc(F)cc(F)c2)c1N. The summed E-state index contributed by atoms with van der Waals surface area (Å²) in [5, 5.41) is 2.97. The van der Waals surface area contributed by atoms with Crippen LogP contribution in [0.25, 0.3) is 0 Å². The summed E-state index contributed by atoms with van der Waals surface area (Å²) in [7, 11) is 1.46. The molecule has 3 N–H and O–H groups in total. The molecule has 2 aromatic rings. The van der Waals surface area contributed by atoms with Crippen LogP contribution in [0.5, 0.6) is 5.88 Å². The Morgan fingerprint density at radius 2 is 1.90 bits per heavy atom. The Hall–Kier alpha value is -2.44. The smallest absolute Gasteiger partial charge is 0.242 e. The van der Waals surface area contributed by atoms with E-state index in [1.165, 1.54) is 25.6 Å². The standard InChI is InChI=1S/C13H14F2N4O/c1-20-13-11(16)12(18-7-19-13)17-3-2-8-4-9(14)6-10(15)5-8/h4-7H,2-3,16H2,1H3,(H,17,18,19). The van der Waals surface area contributed by atoms with Crippen molar-refractivity contribution in [2.24, 2.45) is 0 Å². The molecule has 0 fully saturated rings. The molecule has 7 heteroatoms. The predicted octanol–water partition coefficient (Wildman–Crippen LogP) is 2.00. The molecule has 0 aliphatic rings. The number of anilines is 2. The first-order valence-corrected chi connectivity index (χ1v) is 5.93. The molecule has 0 radical (unpaired) electrons. The minimum Gasteiger partial charge on any atom is -0.479 e. The Balaban J connectivity index is 1.99. The van der Waals surface area contributed by atoms with E-state index in [0.29, 0.717) is 30.0 Å². The highest BCUT2D eigenvalue weighted by Gasteiger charge is 2.07. The third-order valence-electron chi connectivity index (χ3n) is 2.67. The van der Waals surface area contributed by atoms with E-state index in [0.717, 1.165) is 6.07 Å². The number of nitrogens with one attached hydrogen (secondary N) is 1. The number of aromatic nitrogens is 2. The lowest BCUT2D eigenvalue weighted by Gasteiger charge is -2.10. The van der Waals surface area contributed by atoms with Crippen molar-refractivity contribution in [3.8, 4) is 5.88 Å². The molecule has 0 aliphatic carbocycles. The van der Waals surface area contributed by atoms with Gasteiger partial charge in [-0.3, -0.25) is 0 Å². The van der Waals surface area contributed by atoms with E-state index in [4.69, 9.17) is 10.5 Å². The van der Waals surface area contributed by atoms with Crippen molar-refractivity contribution in [2.75, 3.05) is 24.7 Å². The van der Waals surface area contributed by atoms with Gasteiger partial charge in [-0.1, -0.05) is 0 Å². The van der Waals surface area contributed by atoms with Crippen LogP contribution >= 0.6 is 0 Å². The van der Waals surface area contributed by atoms with Crippen molar-refractivity contribution >= 4 is 11.5 Å². The maximum atomic E-state index is 13.0. The molecule has 0 amide bonds. The first-order valence-electron chi connectivity index (χ1n) is 5.93. The molecule has 106 valence electrons. The Bertz CT molecular complexity index is 587. The Labute approximate surface area is 114 Å². The Kier molecular flexibility index (Phi) is 4.29. The van der Waals surface area contributed by atoms with Gasteiger partial charge >= 0.3 is 0 Å². The third kappa shape index (κ3) is 3.31. The zero-order chi connectivity index (χ0) is 14.5. The van der Waals surface area contributed by atoms with Crippen LogP contribution in [0, 0.1) is 11.6 Å².